The topological polar surface area (TPSA) is 64.6 Å². The molecule has 1 heterocycles. The van der Waals surface area contributed by atoms with Gasteiger partial charge in [0.25, 0.3) is 5.91 Å². The maximum atomic E-state index is 12.7. The molecular formula is C23H23NO4S. The van der Waals surface area contributed by atoms with Crippen LogP contribution in [0.25, 0.3) is 11.1 Å². The minimum Gasteiger partial charge on any atom is -0.494 e. The second-order valence-electron chi connectivity index (χ2n) is 6.35. The van der Waals surface area contributed by atoms with E-state index in [0.717, 1.165) is 16.7 Å². The van der Waals surface area contributed by atoms with Gasteiger partial charge in [0, 0.05) is 16.5 Å². The van der Waals surface area contributed by atoms with Crippen LogP contribution in [0.2, 0.25) is 0 Å². The summed E-state index contributed by atoms with van der Waals surface area (Å²) in [6.07, 6.45) is 0. The molecular weight excluding hydrogens is 386 g/mol. The van der Waals surface area contributed by atoms with E-state index >= 15 is 0 Å². The first-order valence-corrected chi connectivity index (χ1v) is 10.3. The van der Waals surface area contributed by atoms with Crippen molar-refractivity contribution in [1.29, 1.82) is 0 Å². The largest absolute Gasteiger partial charge is 0.494 e. The number of esters is 1. The number of anilines is 1. The molecule has 6 heteroatoms. The molecule has 3 rings (SSSR count). The van der Waals surface area contributed by atoms with E-state index in [1.807, 2.05) is 43.5 Å². The molecule has 0 saturated carbocycles. The Morgan fingerprint density at radius 2 is 1.66 bits per heavy atom. The zero-order valence-electron chi connectivity index (χ0n) is 16.7. The van der Waals surface area contributed by atoms with E-state index in [4.69, 9.17) is 9.47 Å². The van der Waals surface area contributed by atoms with E-state index < -0.39 is 5.97 Å². The van der Waals surface area contributed by atoms with Gasteiger partial charge in [-0.15, -0.1) is 11.3 Å². The van der Waals surface area contributed by atoms with Crippen LogP contribution in [0.15, 0.2) is 53.9 Å². The van der Waals surface area contributed by atoms with Crippen LogP contribution >= 0.6 is 11.3 Å². The zero-order chi connectivity index (χ0) is 20.8. The van der Waals surface area contributed by atoms with Crippen molar-refractivity contribution in [1.82, 2.24) is 0 Å². The number of benzene rings is 2. The normalized spacial score (nSPS) is 10.4. The van der Waals surface area contributed by atoms with Crippen LogP contribution in [0, 0.1) is 6.92 Å². The maximum Gasteiger partial charge on any atom is 0.341 e. The summed E-state index contributed by atoms with van der Waals surface area (Å²) >= 11 is 1.31. The molecule has 0 atom stereocenters. The standard InChI is InChI=1S/C23H23NO4S/c1-4-27-18-12-10-17(11-13-18)21(25)24-22-20(23(26)28-5-2)19(14-29-22)16-8-6-15(3)7-9-16/h6-14H,4-5H2,1-3H3,(H,24,25). The van der Waals surface area contributed by atoms with Crippen LogP contribution < -0.4 is 10.1 Å². The van der Waals surface area contributed by atoms with Crippen LogP contribution in [0.1, 0.15) is 40.1 Å². The Kier molecular flexibility index (Phi) is 6.67. The lowest BCUT2D eigenvalue weighted by molar-refractivity contribution is 0.0529. The smallest absolute Gasteiger partial charge is 0.341 e. The molecule has 150 valence electrons. The molecule has 0 unspecified atom stereocenters. The number of hydrogen-bond acceptors (Lipinski definition) is 5. The maximum absolute atomic E-state index is 12.7. The van der Waals surface area contributed by atoms with Crippen molar-refractivity contribution in [3.05, 3.63) is 70.6 Å². The number of carbonyl (C=O) groups excluding carboxylic acids is 2. The van der Waals surface area contributed by atoms with Crippen molar-refractivity contribution >= 4 is 28.2 Å². The quantitative estimate of drug-likeness (QED) is 0.520. The molecule has 2 aromatic carbocycles. The lowest BCUT2D eigenvalue weighted by Crippen LogP contribution is -2.14. The lowest BCUT2D eigenvalue weighted by atomic mass is 10.0. The molecule has 1 N–H and O–H groups in total. The van der Waals surface area contributed by atoms with Gasteiger partial charge in [-0.25, -0.2) is 4.79 Å². The predicted molar refractivity (Wildman–Crippen MR) is 116 cm³/mol. The van der Waals surface area contributed by atoms with Gasteiger partial charge >= 0.3 is 5.97 Å². The Hall–Kier alpha value is -3.12. The number of carbonyl (C=O) groups is 2. The minimum atomic E-state index is -0.452. The Labute approximate surface area is 174 Å². The number of rotatable bonds is 7. The first-order valence-electron chi connectivity index (χ1n) is 9.43. The highest BCUT2D eigenvalue weighted by Crippen LogP contribution is 2.36. The molecule has 0 aliphatic heterocycles. The van der Waals surface area contributed by atoms with E-state index in [-0.39, 0.29) is 12.5 Å². The number of nitrogens with one attached hydrogen (secondary N) is 1. The van der Waals surface area contributed by atoms with Gasteiger partial charge in [-0.2, -0.15) is 0 Å². The number of ether oxygens (including phenoxy) is 2. The third kappa shape index (κ3) is 4.84. The molecule has 0 saturated heterocycles. The average Bonchev–Trinajstić information content (AvgIpc) is 3.13. The highest BCUT2D eigenvalue weighted by Gasteiger charge is 2.23. The summed E-state index contributed by atoms with van der Waals surface area (Å²) < 4.78 is 10.6. The van der Waals surface area contributed by atoms with Crippen molar-refractivity contribution in [3.8, 4) is 16.9 Å². The van der Waals surface area contributed by atoms with Crippen LogP contribution in [0.3, 0.4) is 0 Å². The van der Waals surface area contributed by atoms with E-state index in [1.54, 1.807) is 31.2 Å². The lowest BCUT2D eigenvalue weighted by Gasteiger charge is -2.09. The number of thiophene rings is 1. The summed E-state index contributed by atoms with van der Waals surface area (Å²) in [5.74, 6) is -0.0451. The van der Waals surface area contributed by atoms with Gasteiger partial charge in [0.15, 0.2) is 0 Å². The first-order chi connectivity index (χ1) is 14.0. The second kappa shape index (κ2) is 9.39. The van der Waals surface area contributed by atoms with Crippen LogP contribution in [-0.4, -0.2) is 25.1 Å². The molecule has 1 aromatic heterocycles. The molecule has 0 spiro atoms. The van der Waals surface area contributed by atoms with Gasteiger partial charge in [0.05, 0.1) is 13.2 Å². The molecule has 0 aliphatic carbocycles. The number of aryl methyl sites for hydroxylation is 1. The number of amides is 1. The molecule has 0 bridgehead atoms. The van der Waals surface area contributed by atoms with Crippen molar-refractivity contribution in [2.45, 2.75) is 20.8 Å². The zero-order valence-corrected chi connectivity index (χ0v) is 17.5. The van der Waals surface area contributed by atoms with Gasteiger partial charge in [-0.05, 0) is 50.6 Å². The van der Waals surface area contributed by atoms with Crippen LogP contribution in [0.4, 0.5) is 5.00 Å². The highest BCUT2D eigenvalue weighted by atomic mass is 32.1. The van der Waals surface area contributed by atoms with Crippen molar-refractivity contribution in [3.63, 3.8) is 0 Å². The van der Waals surface area contributed by atoms with Gasteiger partial charge in [0.2, 0.25) is 0 Å². The van der Waals surface area contributed by atoms with E-state index in [0.29, 0.717) is 28.5 Å². The Balaban J connectivity index is 1.91. The average molecular weight is 410 g/mol. The third-order valence-electron chi connectivity index (χ3n) is 4.29. The SMILES string of the molecule is CCOC(=O)c1c(-c2ccc(C)cc2)csc1NC(=O)c1ccc(OCC)cc1. The van der Waals surface area contributed by atoms with Gasteiger partial charge in [0.1, 0.15) is 16.3 Å². The van der Waals surface area contributed by atoms with Gasteiger partial charge in [-0.1, -0.05) is 29.8 Å². The summed E-state index contributed by atoms with van der Waals surface area (Å²) in [5, 5.41) is 5.19. The van der Waals surface area contributed by atoms with Crippen molar-refractivity contribution in [2.24, 2.45) is 0 Å². The van der Waals surface area contributed by atoms with Gasteiger partial charge < -0.3 is 14.8 Å². The molecule has 0 radical (unpaired) electrons. The fraction of sp³-hybridized carbons (Fsp3) is 0.217. The van der Waals surface area contributed by atoms with E-state index in [2.05, 4.69) is 5.32 Å². The highest BCUT2D eigenvalue weighted by molar-refractivity contribution is 7.15. The van der Waals surface area contributed by atoms with Crippen molar-refractivity contribution < 1.29 is 19.1 Å². The van der Waals surface area contributed by atoms with Crippen molar-refractivity contribution in [2.75, 3.05) is 18.5 Å². The molecule has 3 aromatic rings. The number of hydrogen-bond donors (Lipinski definition) is 1. The molecule has 1 amide bonds. The van der Waals surface area contributed by atoms with E-state index in [9.17, 15) is 9.59 Å². The monoisotopic (exact) mass is 409 g/mol. The summed E-state index contributed by atoms with van der Waals surface area (Å²) in [6, 6.07) is 14.8. The summed E-state index contributed by atoms with van der Waals surface area (Å²) in [7, 11) is 0. The third-order valence-corrected chi connectivity index (χ3v) is 5.18. The predicted octanol–water partition coefficient (Wildman–Crippen LogP) is 5.55. The summed E-state index contributed by atoms with van der Waals surface area (Å²) in [4.78, 5) is 25.3. The molecule has 29 heavy (non-hydrogen) atoms. The fourth-order valence-electron chi connectivity index (χ4n) is 2.85. The first kappa shape index (κ1) is 20.6. The Bertz CT molecular complexity index is 991. The fourth-order valence-corrected chi connectivity index (χ4v) is 3.80. The van der Waals surface area contributed by atoms with Crippen LogP contribution in [-0.2, 0) is 4.74 Å². The molecule has 5 nitrogen and oxygen atoms in total. The molecule has 0 aliphatic rings. The second-order valence-corrected chi connectivity index (χ2v) is 7.23. The Morgan fingerprint density at radius 1 is 0.966 bits per heavy atom. The Morgan fingerprint density at radius 3 is 2.28 bits per heavy atom. The summed E-state index contributed by atoms with van der Waals surface area (Å²) in [5.41, 5.74) is 3.63. The summed E-state index contributed by atoms with van der Waals surface area (Å²) in [6.45, 7) is 6.49. The van der Waals surface area contributed by atoms with Crippen LogP contribution in [0.5, 0.6) is 5.75 Å². The minimum absolute atomic E-state index is 0.258. The van der Waals surface area contributed by atoms with E-state index in [1.165, 1.54) is 11.3 Å². The molecule has 0 fully saturated rings. The van der Waals surface area contributed by atoms with Gasteiger partial charge in [-0.3, -0.25) is 4.79 Å².